The number of aliphatic hydroxyl groups is 1. The van der Waals surface area contributed by atoms with Gasteiger partial charge in [-0.05, 0) is 37.8 Å². The fourth-order valence-electron chi connectivity index (χ4n) is 2.39. The van der Waals surface area contributed by atoms with E-state index in [4.69, 9.17) is 5.11 Å². The summed E-state index contributed by atoms with van der Waals surface area (Å²) in [7, 11) is 0. The van der Waals surface area contributed by atoms with Gasteiger partial charge in [0.05, 0.1) is 5.92 Å². The highest BCUT2D eigenvalue weighted by molar-refractivity contribution is 5.83. The Morgan fingerprint density at radius 1 is 1.29 bits per heavy atom. The SMILES string of the molecule is CCCC(CCO)CNC(=O)C(C)c1c(F)cccc1F. The molecule has 1 aromatic carbocycles. The maximum atomic E-state index is 13.6. The van der Waals surface area contributed by atoms with Gasteiger partial charge in [-0.15, -0.1) is 0 Å². The average Bonchev–Trinajstić information content (AvgIpc) is 2.44. The van der Waals surface area contributed by atoms with Gasteiger partial charge in [-0.3, -0.25) is 4.79 Å². The summed E-state index contributed by atoms with van der Waals surface area (Å²) in [6, 6.07) is 3.57. The summed E-state index contributed by atoms with van der Waals surface area (Å²) in [6.45, 7) is 3.99. The van der Waals surface area contributed by atoms with E-state index < -0.39 is 23.5 Å². The van der Waals surface area contributed by atoms with Crippen LogP contribution in [0.25, 0.3) is 0 Å². The first kappa shape index (κ1) is 17.6. The van der Waals surface area contributed by atoms with Crippen LogP contribution in [-0.2, 0) is 4.79 Å². The van der Waals surface area contributed by atoms with Gasteiger partial charge in [0.2, 0.25) is 5.91 Å². The van der Waals surface area contributed by atoms with Crippen molar-refractivity contribution in [2.24, 2.45) is 5.92 Å². The molecule has 2 N–H and O–H groups in total. The first-order valence-electron chi connectivity index (χ1n) is 7.33. The minimum Gasteiger partial charge on any atom is -0.396 e. The van der Waals surface area contributed by atoms with Crippen molar-refractivity contribution in [3.63, 3.8) is 0 Å². The number of hydrogen-bond donors (Lipinski definition) is 2. The molecule has 0 saturated heterocycles. The van der Waals surface area contributed by atoms with Gasteiger partial charge >= 0.3 is 0 Å². The zero-order chi connectivity index (χ0) is 15.8. The molecule has 0 aliphatic heterocycles. The highest BCUT2D eigenvalue weighted by atomic mass is 19.1. The molecule has 0 aliphatic carbocycles. The summed E-state index contributed by atoms with van der Waals surface area (Å²) < 4.78 is 27.3. The van der Waals surface area contributed by atoms with Crippen LogP contribution in [0.15, 0.2) is 18.2 Å². The number of aliphatic hydroxyl groups excluding tert-OH is 1. The molecule has 0 saturated carbocycles. The Kier molecular flexibility index (Phi) is 7.29. The van der Waals surface area contributed by atoms with Gasteiger partial charge in [0.25, 0.3) is 0 Å². The van der Waals surface area contributed by atoms with Crippen LogP contribution in [0.5, 0.6) is 0 Å². The molecule has 118 valence electrons. The van der Waals surface area contributed by atoms with Crippen molar-refractivity contribution in [3.8, 4) is 0 Å². The second kappa shape index (κ2) is 8.72. The van der Waals surface area contributed by atoms with Crippen LogP contribution in [0.3, 0.4) is 0 Å². The van der Waals surface area contributed by atoms with E-state index >= 15 is 0 Å². The van der Waals surface area contributed by atoms with Crippen molar-refractivity contribution >= 4 is 5.91 Å². The van der Waals surface area contributed by atoms with Gasteiger partial charge in [-0.25, -0.2) is 8.78 Å². The molecule has 1 aromatic rings. The molecule has 0 fully saturated rings. The molecular weight excluding hydrogens is 276 g/mol. The van der Waals surface area contributed by atoms with Crippen molar-refractivity contribution < 1.29 is 18.7 Å². The summed E-state index contributed by atoms with van der Waals surface area (Å²) >= 11 is 0. The molecule has 0 aliphatic rings. The minimum absolute atomic E-state index is 0.0675. The molecule has 21 heavy (non-hydrogen) atoms. The molecule has 5 heteroatoms. The summed E-state index contributed by atoms with van der Waals surface area (Å²) in [4.78, 5) is 12.1. The molecule has 0 radical (unpaired) electrons. The van der Waals surface area contributed by atoms with Crippen molar-refractivity contribution in [2.45, 2.75) is 39.0 Å². The van der Waals surface area contributed by atoms with Crippen LogP contribution in [0.1, 0.15) is 44.6 Å². The van der Waals surface area contributed by atoms with Crippen LogP contribution in [0.4, 0.5) is 8.78 Å². The molecular formula is C16H23F2NO2. The predicted molar refractivity (Wildman–Crippen MR) is 77.9 cm³/mol. The molecule has 0 bridgehead atoms. The van der Waals surface area contributed by atoms with E-state index in [0.717, 1.165) is 25.0 Å². The minimum atomic E-state index is -0.886. The monoisotopic (exact) mass is 299 g/mol. The molecule has 2 unspecified atom stereocenters. The number of hydrogen-bond acceptors (Lipinski definition) is 2. The Hall–Kier alpha value is -1.49. The van der Waals surface area contributed by atoms with Crippen molar-refractivity contribution in [3.05, 3.63) is 35.4 Å². The first-order chi connectivity index (χ1) is 10.0. The van der Waals surface area contributed by atoms with Crippen LogP contribution in [0, 0.1) is 17.6 Å². The van der Waals surface area contributed by atoms with E-state index in [1.807, 2.05) is 6.92 Å². The Balaban J connectivity index is 2.66. The van der Waals surface area contributed by atoms with Crippen LogP contribution >= 0.6 is 0 Å². The van der Waals surface area contributed by atoms with Crippen molar-refractivity contribution in [2.75, 3.05) is 13.2 Å². The molecule has 0 spiro atoms. The molecule has 3 nitrogen and oxygen atoms in total. The van der Waals surface area contributed by atoms with E-state index in [1.54, 1.807) is 0 Å². The standard InChI is InChI=1S/C16H23F2NO2/c1-3-5-12(8-9-20)10-19-16(21)11(2)15-13(17)6-4-7-14(15)18/h4,6-7,11-12,20H,3,5,8-10H2,1-2H3,(H,19,21). The van der Waals surface area contributed by atoms with E-state index in [9.17, 15) is 13.6 Å². The maximum Gasteiger partial charge on any atom is 0.227 e. The Morgan fingerprint density at radius 3 is 2.43 bits per heavy atom. The van der Waals surface area contributed by atoms with E-state index in [1.165, 1.54) is 13.0 Å². The molecule has 1 rings (SSSR count). The third-order valence-electron chi connectivity index (χ3n) is 3.63. The zero-order valence-corrected chi connectivity index (χ0v) is 12.5. The lowest BCUT2D eigenvalue weighted by molar-refractivity contribution is -0.122. The number of nitrogens with one attached hydrogen (secondary N) is 1. The van der Waals surface area contributed by atoms with E-state index in [2.05, 4.69) is 5.32 Å². The van der Waals surface area contributed by atoms with Gasteiger partial charge in [0.15, 0.2) is 0 Å². The van der Waals surface area contributed by atoms with Crippen molar-refractivity contribution in [1.82, 2.24) is 5.32 Å². The van der Waals surface area contributed by atoms with Gasteiger partial charge in [-0.1, -0.05) is 19.4 Å². The lowest BCUT2D eigenvalue weighted by Crippen LogP contribution is -2.33. The van der Waals surface area contributed by atoms with Gasteiger partial charge < -0.3 is 10.4 Å². The van der Waals surface area contributed by atoms with Crippen LogP contribution in [0.2, 0.25) is 0 Å². The predicted octanol–water partition coefficient (Wildman–Crippen LogP) is 2.98. The molecule has 0 aromatic heterocycles. The highest BCUT2D eigenvalue weighted by Gasteiger charge is 2.22. The molecule has 0 heterocycles. The molecule has 2 atom stereocenters. The molecule has 1 amide bonds. The maximum absolute atomic E-state index is 13.6. The third kappa shape index (κ3) is 5.08. The number of halogens is 2. The number of benzene rings is 1. The lowest BCUT2D eigenvalue weighted by Gasteiger charge is -2.18. The fourth-order valence-corrected chi connectivity index (χ4v) is 2.39. The average molecular weight is 299 g/mol. The summed E-state index contributed by atoms with van der Waals surface area (Å²) in [5.74, 6) is -2.53. The fraction of sp³-hybridized carbons (Fsp3) is 0.562. The van der Waals surface area contributed by atoms with Crippen LogP contribution in [-0.4, -0.2) is 24.2 Å². The normalized spacial score (nSPS) is 13.8. The summed E-state index contributed by atoms with van der Waals surface area (Å²) in [5, 5.41) is 11.7. The van der Waals surface area contributed by atoms with Crippen molar-refractivity contribution in [1.29, 1.82) is 0 Å². The Labute approximate surface area is 124 Å². The lowest BCUT2D eigenvalue weighted by atomic mass is 9.97. The summed E-state index contributed by atoms with van der Waals surface area (Å²) in [6.07, 6.45) is 2.46. The number of rotatable bonds is 8. The van der Waals surface area contributed by atoms with Gasteiger partial charge in [0.1, 0.15) is 11.6 Å². The summed E-state index contributed by atoms with van der Waals surface area (Å²) in [5.41, 5.74) is -0.204. The third-order valence-corrected chi connectivity index (χ3v) is 3.63. The number of carbonyl (C=O) groups is 1. The second-order valence-electron chi connectivity index (χ2n) is 5.27. The Morgan fingerprint density at radius 2 is 1.90 bits per heavy atom. The quantitative estimate of drug-likeness (QED) is 0.775. The van der Waals surface area contributed by atoms with E-state index in [0.29, 0.717) is 13.0 Å². The van der Waals surface area contributed by atoms with E-state index in [-0.39, 0.29) is 18.1 Å². The van der Waals surface area contributed by atoms with Crippen LogP contribution < -0.4 is 5.32 Å². The first-order valence-corrected chi connectivity index (χ1v) is 7.33. The second-order valence-corrected chi connectivity index (χ2v) is 5.27. The largest absolute Gasteiger partial charge is 0.396 e. The van der Waals surface area contributed by atoms with Gasteiger partial charge in [0, 0.05) is 18.7 Å². The zero-order valence-electron chi connectivity index (χ0n) is 12.5. The highest BCUT2D eigenvalue weighted by Crippen LogP contribution is 2.22. The topological polar surface area (TPSA) is 49.3 Å². The smallest absolute Gasteiger partial charge is 0.227 e. The number of amides is 1. The van der Waals surface area contributed by atoms with Gasteiger partial charge in [-0.2, -0.15) is 0 Å². The Bertz CT molecular complexity index is 439. The number of carbonyl (C=O) groups excluding carboxylic acids is 1.